The first-order valence-corrected chi connectivity index (χ1v) is 9.87. The van der Waals surface area contributed by atoms with E-state index < -0.39 is 11.7 Å². The molecule has 2 heterocycles. The van der Waals surface area contributed by atoms with Gasteiger partial charge in [0, 0.05) is 36.3 Å². The second-order valence-corrected chi connectivity index (χ2v) is 7.46. The second-order valence-electron chi connectivity index (χ2n) is 7.46. The molecular weight excluding hydrogens is 387 g/mol. The highest BCUT2D eigenvalue weighted by Gasteiger charge is 2.18. The van der Waals surface area contributed by atoms with Crippen LogP contribution in [0.25, 0.3) is 10.9 Å². The number of hydrogen-bond donors (Lipinski definition) is 1. The Balaban J connectivity index is 1.50. The molecule has 30 heavy (non-hydrogen) atoms. The number of anilines is 1. The molecular formula is C23H23FN2O4. The number of halogens is 1. The van der Waals surface area contributed by atoms with Crippen molar-refractivity contribution in [3.8, 4) is 5.75 Å². The number of carbonyl (C=O) groups is 2. The smallest absolute Gasteiger partial charge is 0.258 e. The molecule has 0 saturated carbocycles. The fourth-order valence-electron chi connectivity index (χ4n) is 3.75. The van der Waals surface area contributed by atoms with Crippen molar-refractivity contribution in [1.82, 2.24) is 4.57 Å². The summed E-state index contributed by atoms with van der Waals surface area (Å²) in [5.74, 6) is -0.839. The largest absolute Gasteiger partial charge is 0.491 e. The molecule has 1 atom stereocenters. The van der Waals surface area contributed by atoms with Crippen molar-refractivity contribution < 1.29 is 23.5 Å². The van der Waals surface area contributed by atoms with E-state index in [1.165, 1.54) is 12.1 Å². The van der Waals surface area contributed by atoms with Gasteiger partial charge in [-0.3, -0.25) is 9.59 Å². The van der Waals surface area contributed by atoms with Crippen LogP contribution in [-0.2, 0) is 11.8 Å². The number of nitrogens with one attached hydrogen (secondary N) is 1. The number of benzene rings is 2. The van der Waals surface area contributed by atoms with Crippen molar-refractivity contribution in [1.29, 1.82) is 0 Å². The van der Waals surface area contributed by atoms with E-state index in [4.69, 9.17) is 9.47 Å². The van der Waals surface area contributed by atoms with Gasteiger partial charge in [0.05, 0.1) is 17.4 Å². The van der Waals surface area contributed by atoms with E-state index >= 15 is 0 Å². The summed E-state index contributed by atoms with van der Waals surface area (Å²) in [6, 6.07) is 9.55. The zero-order valence-electron chi connectivity index (χ0n) is 16.9. The van der Waals surface area contributed by atoms with E-state index in [9.17, 15) is 14.0 Å². The Hall–Kier alpha value is -3.19. The minimum absolute atomic E-state index is 0.0339. The van der Waals surface area contributed by atoms with Crippen molar-refractivity contribution in [2.24, 2.45) is 7.05 Å². The maximum Gasteiger partial charge on any atom is 0.258 e. The lowest BCUT2D eigenvalue weighted by Crippen LogP contribution is -2.17. The average molecular weight is 410 g/mol. The third-order valence-corrected chi connectivity index (χ3v) is 5.55. The number of hydrogen-bond acceptors (Lipinski definition) is 4. The fraction of sp³-hybridized carbons (Fsp3) is 0.304. The topological polar surface area (TPSA) is 69.6 Å². The molecule has 1 saturated heterocycles. The van der Waals surface area contributed by atoms with Crippen LogP contribution in [0.4, 0.5) is 10.1 Å². The maximum atomic E-state index is 14.5. The van der Waals surface area contributed by atoms with Gasteiger partial charge >= 0.3 is 0 Å². The lowest BCUT2D eigenvalue weighted by molar-refractivity contribution is 0.0678. The van der Waals surface area contributed by atoms with Crippen molar-refractivity contribution in [2.75, 3.05) is 18.5 Å². The summed E-state index contributed by atoms with van der Waals surface area (Å²) < 4.78 is 27.4. The van der Waals surface area contributed by atoms with Crippen LogP contribution in [0.3, 0.4) is 0 Å². The Morgan fingerprint density at radius 1 is 1.33 bits per heavy atom. The minimum Gasteiger partial charge on any atom is -0.491 e. The monoisotopic (exact) mass is 410 g/mol. The molecule has 2 aromatic carbocycles. The summed E-state index contributed by atoms with van der Waals surface area (Å²) in [5.41, 5.74) is 2.73. The van der Waals surface area contributed by atoms with Crippen LogP contribution < -0.4 is 10.1 Å². The molecule has 1 aliphatic heterocycles. The van der Waals surface area contributed by atoms with Gasteiger partial charge < -0.3 is 19.4 Å². The minimum atomic E-state index is -0.654. The van der Waals surface area contributed by atoms with Crippen LogP contribution in [0.15, 0.2) is 36.4 Å². The average Bonchev–Trinajstić information content (AvgIpc) is 3.36. The Labute approximate surface area is 173 Å². The van der Waals surface area contributed by atoms with Crippen LogP contribution in [0, 0.1) is 12.7 Å². The van der Waals surface area contributed by atoms with Gasteiger partial charge in [0.2, 0.25) is 0 Å². The number of nitrogens with zero attached hydrogens (tertiary/aromatic N) is 1. The number of aryl methyl sites for hydroxylation is 2. The maximum absolute atomic E-state index is 14.5. The zero-order chi connectivity index (χ0) is 21.3. The van der Waals surface area contributed by atoms with E-state index in [0.717, 1.165) is 42.2 Å². The van der Waals surface area contributed by atoms with Gasteiger partial charge in [0.15, 0.2) is 6.29 Å². The van der Waals surface area contributed by atoms with Crippen molar-refractivity contribution >= 4 is 28.8 Å². The Morgan fingerprint density at radius 2 is 2.17 bits per heavy atom. The molecule has 1 N–H and O–H groups in total. The lowest BCUT2D eigenvalue weighted by Gasteiger charge is -2.13. The van der Waals surface area contributed by atoms with Crippen LogP contribution in [0.5, 0.6) is 5.75 Å². The molecule has 0 bridgehead atoms. The third-order valence-electron chi connectivity index (χ3n) is 5.55. The number of ether oxygens (including phenoxy) is 2. The highest BCUT2D eigenvalue weighted by molar-refractivity contribution is 6.06. The number of aromatic nitrogens is 1. The lowest BCUT2D eigenvalue weighted by atomic mass is 10.1. The number of amides is 1. The van der Waals surface area contributed by atoms with E-state index in [1.54, 1.807) is 22.8 Å². The molecule has 4 rings (SSSR count). The first-order chi connectivity index (χ1) is 14.5. The molecule has 156 valence electrons. The Morgan fingerprint density at radius 3 is 2.87 bits per heavy atom. The summed E-state index contributed by atoms with van der Waals surface area (Å²) in [6.45, 7) is 2.95. The first-order valence-electron chi connectivity index (χ1n) is 9.87. The van der Waals surface area contributed by atoms with E-state index in [2.05, 4.69) is 5.32 Å². The first kappa shape index (κ1) is 20.1. The van der Waals surface area contributed by atoms with E-state index in [-0.39, 0.29) is 11.7 Å². The molecule has 1 fully saturated rings. The summed E-state index contributed by atoms with van der Waals surface area (Å²) >= 11 is 0. The summed E-state index contributed by atoms with van der Waals surface area (Å²) in [4.78, 5) is 23.8. The molecule has 1 aromatic heterocycles. The van der Waals surface area contributed by atoms with Crippen LogP contribution >= 0.6 is 0 Å². The highest BCUT2D eigenvalue weighted by Crippen LogP contribution is 2.28. The molecule has 6 nitrogen and oxygen atoms in total. The number of rotatable bonds is 6. The molecule has 1 aliphatic rings. The van der Waals surface area contributed by atoms with Gasteiger partial charge in [-0.25, -0.2) is 4.39 Å². The third kappa shape index (κ3) is 3.80. The van der Waals surface area contributed by atoms with E-state index in [0.29, 0.717) is 23.7 Å². The molecule has 0 aliphatic carbocycles. The van der Waals surface area contributed by atoms with Gasteiger partial charge in [-0.05, 0) is 55.7 Å². The molecule has 0 radical (unpaired) electrons. The summed E-state index contributed by atoms with van der Waals surface area (Å²) in [6.07, 6.45) is 2.76. The van der Waals surface area contributed by atoms with Crippen LogP contribution in [-0.4, -0.2) is 36.1 Å². The van der Waals surface area contributed by atoms with Crippen molar-refractivity contribution in [2.45, 2.75) is 25.9 Å². The second kappa shape index (κ2) is 8.28. The van der Waals surface area contributed by atoms with Gasteiger partial charge in [0.25, 0.3) is 5.91 Å². The highest BCUT2D eigenvalue weighted by atomic mass is 19.1. The quantitative estimate of drug-likeness (QED) is 0.617. The zero-order valence-corrected chi connectivity index (χ0v) is 16.9. The molecule has 0 unspecified atom stereocenters. The predicted octanol–water partition coefficient (Wildman–Crippen LogP) is 4.25. The van der Waals surface area contributed by atoms with Crippen LogP contribution in [0.2, 0.25) is 0 Å². The predicted molar refractivity (Wildman–Crippen MR) is 112 cm³/mol. The molecule has 7 heteroatoms. The fourth-order valence-corrected chi connectivity index (χ4v) is 3.75. The summed E-state index contributed by atoms with van der Waals surface area (Å²) in [5, 5.41) is 3.62. The van der Waals surface area contributed by atoms with Crippen LogP contribution in [0.1, 0.15) is 39.3 Å². The van der Waals surface area contributed by atoms with Gasteiger partial charge in [-0.2, -0.15) is 0 Å². The number of aldehydes is 1. The number of carbonyl (C=O) groups excluding carboxylic acids is 2. The van der Waals surface area contributed by atoms with Gasteiger partial charge in [-0.15, -0.1) is 0 Å². The number of fused-ring (bicyclic) bond motifs is 1. The summed E-state index contributed by atoms with van der Waals surface area (Å²) in [7, 11) is 1.81. The van der Waals surface area contributed by atoms with E-state index in [1.807, 2.05) is 20.0 Å². The van der Waals surface area contributed by atoms with Gasteiger partial charge in [-0.1, -0.05) is 0 Å². The Kier molecular flexibility index (Phi) is 5.55. The SMILES string of the molecule is Cc1c(NC(=O)c2ccc(OC[C@@H]3CCCO3)cc2F)ccc2c1cc(C=O)n2C. The molecule has 1 amide bonds. The Bertz CT molecular complexity index is 1120. The molecule has 3 aromatic rings. The standard InChI is InChI=1S/C23H23FN2O4/c1-14-19-10-15(12-27)26(2)22(19)8-7-21(14)25-23(28)18-6-5-16(11-20(18)24)30-13-17-4-3-9-29-17/h5-8,10-12,17H,3-4,9,13H2,1-2H3,(H,25,28)/t17-/m0/s1. The van der Waals surface area contributed by atoms with Gasteiger partial charge in [0.1, 0.15) is 18.2 Å². The van der Waals surface area contributed by atoms with Crippen molar-refractivity contribution in [3.63, 3.8) is 0 Å². The van der Waals surface area contributed by atoms with Crippen molar-refractivity contribution in [3.05, 3.63) is 59.0 Å². The molecule has 0 spiro atoms. The normalized spacial score (nSPS) is 16.0.